The number of thiophene rings is 1. The number of para-hydroxylation sites is 2. The second kappa shape index (κ2) is 13.1. The molecule has 12 aromatic rings. The first-order valence-corrected chi connectivity index (χ1v) is 19.9. The molecule has 0 saturated carbocycles. The average Bonchev–Trinajstić information content (AvgIpc) is 3.88. The molecule has 0 saturated heterocycles. The van der Waals surface area contributed by atoms with Gasteiger partial charge in [-0.1, -0.05) is 152 Å². The third kappa shape index (κ3) is 5.25. The second-order valence-electron chi connectivity index (χ2n) is 14.4. The van der Waals surface area contributed by atoms with E-state index in [4.69, 9.17) is 21.8 Å². The Balaban J connectivity index is 1.16. The number of rotatable bonds is 5. The van der Waals surface area contributed by atoms with E-state index in [9.17, 15) is 0 Å². The van der Waals surface area contributed by atoms with Crippen LogP contribution in [-0.2, 0) is 0 Å². The van der Waals surface area contributed by atoms with E-state index in [0.29, 0.717) is 17.2 Å². The summed E-state index contributed by atoms with van der Waals surface area (Å²) in [6, 6.07) is 54.7. The first kappa shape index (κ1) is 28.0. The SMILES string of the molecule is [2H]c1c([2H])c([2H])c(-c2nc(-c3ccccc3)nc(-c3cc(-n4c5ccccc5c5ccccc54)cc4c3sc3ccc(-c5ccc6ccc7ccccc7c6c5)cc34)n2)c([2H])c1[2H]. The van der Waals surface area contributed by atoms with Crippen molar-refractivity contribution in [2.24, 2.45) is 0 Å². The predicted octanol–water partition coefficient (Wildman–Crippen LogP) is 14.3. The highest BCUT2D eigenvalue weighted by Gasteiger charge is 2.21. The fourth-order valence-electron chi connectivity index (χ4n) is 8.41. The van der Waals surface area contributed by atoms with Crippen molar-refractivity contribution < 1.29 is 6.85 Å². The van der Waals surface area contributed by atoms with Gasteiger partial charge in [0.2, 0.25) is 0 Å². The summed E-state index contributed by atoms with van der Waals surface area (Å²) in [6.45, 7) is 0. The van der Waals surface area contributed by atoms with Crippen LogP contribution in [0, 0.1) is 0 Å². The van der Waals surface area contributed by atoms with Crippen LogP contribution < -0.4 is 0 Å². The Kier molecular flexibility index (Phi) is 6.30. The highest BCUT2D eigenvalue weighted by atomic mass is 32.1. The normalized spacial score (nSPS) is 13.0. The molecule has 0 aliphatic carbocycles. The minimum absolute atomic E-state index is 0.00139. The van der Waals surface area contributed by atoms with E-state index in [1.165, 1.54) is 21.5 Å². The Morgan fingerprint density at radius 2 is 1.00 bits per heavy atom. The number of hydrogen-bond donors (Lipinski definition) is 0. The van der Waals surface area contributed by atoms with E-state index in [2.05, 4.69) is 138 Å². The van der Waals surface area contributed by atoms with Crippen LogP contribution in [-0.4, -0.2) is 19.5 Å². The van der Waals surface area contributed by atoms with Crippen molar-refractivity contribution in [1.82, 2.24) is 19.5 Å². The van der Waals surface area contributed by atoms with E-state index in [1.807, 2.05) is 30.3 Å². The smallest absolute Gasteiger partial charge is 0.165 e. The molecule has 0 aliphatic rings. The maximum Gasteiger partial charge on any atom is 0.165 e. The van der Waals surface area contributed by atoms with Crippen LogP contribution in [0.4, 0.5) is 0 Å². The number of benzene rings is 9. The van der Waals surface area contributed by atoms with Gasteiger partial charge in [0.05, 0.1) is 17.9 Å². The predicted molar refractivity (Wildman–Crippen MR) is 244 cm³/mol. The standard InChI is InChI=1S/C53H32N4S/c1-3-14-35(15-4-1)51-54-52(36-16-5-2-6-17-36)56-53(55-51)46-32-39(57-47-21-11-9-19-41(47)42-20-10-12-22-48(42)57)31-45-44-30-38(27-28-49(44)58-50(45)46)37-26-25-34-24-23-33-13-7-8-18-40(33)43(34)29-37/h1-32H/i1D,3D,4D,14D,15D. The van der Waals surface area contributed by atoms with E-state index in [0.717, 1.165) is 64.4 Å². The van der Waals surface area contributed by atoms with Crippen LogP contribution in [0.3, 0.4) is 0 Å². The molecule has 0 fully saturated rings. The molecular formula is C53H32N4S. The summed E-state index contributed by atoms with van der Waals surface area (Å²) in [6.07, 6.45) is 0. The topological polar surface area (TPSA) is 43.6 Å². The summed E-state index contributed by atoms with van der Waals surface area (Å²) in [5.74, 6) is 0.648. The molecule has 0 unspecified atom stereocenters. The molecule has 0 N–H and O–H groups in total. The summed E-state index contributed by atoms with van der Waals surface area (Å²) >= 11 is 1.65. The molecular weight excluding hydrogens is 725 g/mol. The lowest BCUT2D eigenvalue weighted by Crippen LogP contribution is -2.01. The van der Waals surface area contributed by atoms with E-state index >= 15 is 0 Å². The van der Waals surface area contributed by atoms with Gasteiger partial charge in [-0.25, -0.2) is 15.0 Å². The maximum absolute atomic E-state index is 8.91. The zero-order chi connectivity index (χ0) is 42.5. The lowest BCUT2D eigenvalue weighted by molar-refractivity contribution is 1.07. The van der Waals surface area contributed by atoms with Gasteiger partial charge in [0.15, 0.2) is 17.5 Å². The molecule has 5 heteroatoms. The molecule has 3 heterocycles. The van der Waals surface area contributed by atoms with E-state index in [1.54, 1.807) is 11.3 Å². The first-order chi connectivity index (χ1) is 30.8. The van der Waals surface area contributed by atoms with Gasteiger partial charge in [-0.15, -0.1) is 11.3 Å². The Hall–Kier alpha value is -7.47. The monoisotopic (exact) mass is 761 g/mol. The first-order valence-electron chi connectivity index (χ1n) is 21.6. The van der Waals surface area contributed by atoms with Crippen LogP contribution in [0.5, 0.6) is 0 Å². The van der Waals surface area contributed by atoms with Crippen molar-refractivity contribution in [1.29, 1.82) is 0 Å². The van der Waals surface area contributed by atoms with Crippen LogP contribution in [0.25, 0.3) is 115 Å². The summed E-state index contributed by atoms with van der Waals surface area (Å²) < 4.78 is 47.4. The van der Waals surface area contributed by atoms with Gasteiger partial charge < -0.3 is 4.57 Å². The third-order valence-corrected chi connectivity index (χ3v) is 12.3. The highest BCUT2D eigenvalue weighted by molar-refractivity contribution is 7.26. The molecule has 270 valence electrons. The minimum Gasteiger partial charge on any atom is -0.309 e. The molecule has 0 aliphatic heterocycles. The number of fused-ring (bicyclic) bond motifs is 9. The van der Waals surface area contributed by atoms with Gasteiger partial charge in [0.1, 0.15) is 0 Å². The van der Waals surface area contributed by atoms with Gasteiger partial charge in [-0.2, -0.15) is 0 Å². The summed E-state index contributed by atoms with van der Waals surface area (Å²) in [7, 11) is 0. The number of aromatic nitrogens is 4. The number of nitrogens with zero attached hydrogens (tertiary/aromatic N) is 4. The van der Waals surface area contributed by atoms with Crippen molar-refractivity contribution in [3.63, 3.8) is 0 Å². The molecule has 0 atom stereocenters. The summed E-state index contributed by atoms with van der Waals surface area (Å²) in [4.78, 5) is 15.0. The third-order valence-electron chi connectivity index (χ3n) is 11.1. The Labute approximate surface area is 345 Å². The van der Waals surface area contributed by atoms with Crippen LogP contribution in [0.15, 0.2) is 194 Å². The van der Waals surface area contributed by atoms with Crippen molar-refractivity contribution in [2.75, 3.05) is 0 Å². The molecule has 12 rings (SSSR count). The molecule has 0 amide bonds. The summed E-state index contributed by atoms with van der Waals surface area (Å²) in [5, 5.41) is 9.17. The molecule has 58 heavy (non-hydrogen) atoms. The fraction of sp³-hybridized carbons (Fsp3) is 0. The lowest BCUT2D eigenvalue weighted by Gasteiger charge is -2.13. The molecule has 9 aromatic carbocycles. The maximum atomic E-state index is 8.91. The van der Waals surface area contributed by atoms with Crippen molar-refractivity contribution >= 4 is 74.9 Å². The lowest BCUT2D eigenvalue weighted by atomic mass is 9.96. The molecule has 3 aromatic heterocycles. The minimum atomic E-state index is -0.478. The second-order valence-corrected chi connectivity index (χ2v) is 15.5. The van der Waals surface area contributed by atoms with Crippen LogP contribution in [0.2, 0.25) is 0 Å². The Morgan fingerprint density at radius 3 is 1.76 bits per heavy atom. The zero-order valence-corrected chi connectivity index (χ0v) is 31.6. The molecule has 0 spiro atoms. The van der Waals surface area contributed by atoms with Crippen LogP contribution in [0.1, 0.15) is 6.85 Å². The Bertz CT molecular complexity index is 3800. The average molecular weight is 762 g/mol. The summed E-state index contributed by atoms with van der Waals surface area (Å²) in [5.41, 5.74) is 6.57. The van der Waals surface area contributed by atoms with Gasteiger partial charge in [0, 0.05) is 53.3 Å². The Morgan fingerprint density at radius 1 is 0.414 bits per heavy atom. The van der Waals surface area contributed by atoms with E-state index in [-0.39, 0.29) is 23.5 Å². The van der Waals surface area contributed by atoms with Gasteiger partial charge in [-0.05, 0) is 75.1 Å². The molecule has 0 bridgehead atoms. The van der Waals surface area contributed by atoms with Crippen molar-refractivity contribution in [3.05, 3.63) is 194 Å². The molecule has 4 nitrogen and oxygen atoms in total. The van der Waals surface area contributed by atoms with Crippen molar-refractivity contribution in [2.45, 2.75) is 0 Å². The highest BCUT2D eigenvalue weighted by Crippen LogP contribution is 2.44. The largest absolute Gasteiger partial charge is 0.309 e. The van der Waals surface area contributed by atoms with Gasteiger partial charge in [0.25, 0.3) is 0 Å². The van der Waals surface area contributed by atoms with E-state index < -0.39 is 18.1 Å². The van der Waals surface area contributed by atoms with Gasteiger partial charge >= 0.3 is 0 Å². The quantitative estimate of drug-likeness (QED) is 0.164. The molecule has 0 radical (unpaired) electrons. The fourth-order valence-corrected chi connectivity index (χ4v) is 9.58. The van der Waals surface area contributed by atoms with Crippen molar-refractivity contribution in [3.8, 4) is 51.0 Å². The van der Waals surface area contributed by atoms with Crippen LogP contribution >= 0.6 is 11.3 Å². The zero-order valence-electron chi connectivity index (χ0n) is 35.8. The van der Waals surface area contributed by atoms with Gasteiger partial charge in [-0.3, -0.25) is 0 Å². The number of hydrogen-bond acceptors (Lipinski definition) is 4.